The first-order valence-electron chi connectivity index (χ1n) is 3.91. The van der Waals surface area contributed by atoms with Gasteiger partial charge in [0.05, 0.1) is 11.6 Å². The number of hydrogen-bond acceptors (Lipinski definition) is 2. The molecule has 0 saturated carbocycles. The van der Waals surface area contributed by atoms with Crippen molar-refractivity contribution in [1.29, 1.82) is 0 Å². The number of rotatable bonds is 3. The van der Waals surface area contributed by atoms with Crippen LogP contribution in [-0.2, 0) is 0 Å². The van der Waals surface area contributed by atoms with Gasteiger partial charge in [0, 0.05) is 4.47 Å². The van der Waals surface area contributed by atoms with E-state index in [1.165, 1.54) is 6.07 Å². The number of carbonyl (C=O) groups is 1. The fraction of sp³-hybridized carbons (Fsp3) is 0.222. The first kappa shape index (κ1) is 11.3. The molecule has 76 valence electrons. The van der Waals surface area contributed by atoms with Crippen molar-refractivity contribution in [2.45, 2.75) is 6.92 Å². The molecule has 1 N–H and O–H groups in total. The van der Waals surface area contributed by atoms with Crippen molar-refractivity contribution in [1.82, 2.24) is 0 Å². The highest BCUT2D eigenvalue weighted by Gasteiger charge is 2.15. The fourth-order valence-corrected chi connectivity index (χ4v) is 1.87. The third-order valence-corrected chi connectivity index (χ3v) is 2.27. The molecule has 0 saturated heterocycles. The normalized spacial score (nSPS) is 9.93. The zero-order chi connectivity index (χ0) is 10.7. The van der Waals surface area contributed by atoms with Crippen molar-refractivity contribution >= 4 is 33.5 Å². The Balaban J connectivity index is 3.28. The van der Waals surface area contributed by atoms with Crippen molar-refractivity contribution in [2.75, 3.05) is 6.61 Å². The highest BCUT2D eigenvalue weighted by molar-refractivity contribution is 9.10. The maximum absolute atomic E-state index is 10.8. The van der Waals surface area contributed by atoms with Gasteiger partial charge in [-0.2, -0.15) is 0 Å². The quantitative estimate of drug-likeness (QED) is 0.924. The standard InChI is InChI=1S/C9H8BrClO3/c1-2-14-8-6(9(12)13)3-5(10)4-7(8)11/h3-4H,2H2,1H3,(H,12,13). The lowest BCUT2D eigenvalue weighted by atomic mass is 10.2. The van der Waals surface area contributed by atoms with Crippen LogP contribution < -0.4 is 4.74 Å². The van der Waals surface area contributed by atoms with E-state index in [1.54, 1.807) is 13.0 Å². The second-order valence-corrected chi connectivity index (χ2v) is 3.83. The predicted molar refractivity (Wildman–Crippen MR) is 57.3 cm³/mol. The average Bonchev–Trinajstić information content (AvgIpc) is 2.09. The lowest BCUT2D eigenvalue weighted by molar-refractivity contribution is 0.0692. The minimum Gasteiger partial charge on any atom is -0.491 e. The summed E-state index contributed by atoms with van der Waals surface area (Å²) in [4.78, 5) is 10.8. The maximum atomic E-state index is 10.8. The molecule has 0 aliphatic carbocycles. The molecule has 0 aliphatic heterocycles. The molecule has 0 aromatic heterocycles. The summed E-state index contributed by atoms with van der Waals surface area (Å²) in [5, 5.41) is 9.17. The van der Waals surface area contributed by atoms with Crippen LogP contribution in [-0.4, -0.2) is 17.7 Å². The van der Waals surface area contributed by atoms with Crippen molar-refractivity contribution < 1.29 is 14.6 Å². The van der Waals surface area contributed by atoms with Gasteiger partial charge >= 0.3 is 5.97 Å². The van der Waals surface area contributed by atoms with Crippen molar-refractivity contribution in [2.24, 2.45) is 0 Å². The molecule has 0 radical (unpaired) electrons. The smallest absolute Gasteiger partial charge is 0.339 e. The van der Waals surface area contributed by atoms with Gasteiger partial charge in [-0.05, 0) is 19.1 Å². The van der Waals surface area contributed by atoms with Gasteiger partial charge in [-0.25, -0.2) is 4.79 Å². The Hall–Kier alpha value is -0.740. The van der Waals surface area contributed by atoms with Crippen LogP contribution in [0.4, 0.5) is 0 Å². The zero-order valence-corrected chi connectivity index (χ0v) is 9.72. The van der Waals surface area contributed by atoms with Gasteiger partial charge in [0.2, 0.25) is 0 Å². The van der Waals surface area contributed by atoms with E-state index in [1.807, 2.05) is 0 Å². The monoisotopic (exact) mass is 278 g/mol. The summed E-state index contributed by atoms with van der Waals surface area (Å²) in [6, 6.07) is 3.05. The number of ether oxygens (including phenoxy) is 1. The summed E-state index contributed by atoms with van der Waals surface area (Å²) in [6.07, 6.45) is 0. The molecule has 0 bridgehead atoms. The minimum absolute atomic E-state index is 0.0613. The topological polar surface area (TPSA) is 46.5 Å². The lowest BCUT2D eigenvalue weighted by Gasteiger charge is -2.09. The summed E-state index contributed by atoms with van der Waals surface area (Å²) < 4.78 is 5.76. The molecule has 5 heteroatoms. The molecule has 3 nitrogen and oxygen atoms in total. The highest BCUT2D eigenvalue weighted by atomic mass is 79.9. The summed E-state index contributed by atoms with van der Waals surface area (Å²) in [5.74, 6) is -0.846. The van der Waals surface area contributed by atoms with E-state index in [2.05, 4.69) is 15.9 Å². The van der Waals surface area contributed by atoms with E-state index in [0.717, 1.165) is 0 Å². The molecule has 0 heterocycles. The van der Waals surface area contributed by atoms with Crippen LogP contribution in [0.5, 0.6) is 5.75 Å². The van der Waals surface area contributed by atoms with Gasteiger partial charge in [0.15, 0.2) is 5.75 Å². The Morgan fingerprint density at radius 3 is 2.79 bits per heavy atom. The summed E-state index contributed by atoms with van der Waals surface area (Å²) in [6.45, 7) is 2.14. The highest BCUT2D eigenvalue weighted by Crippen LogP contribution is 2.32. The number of aromatic carboxylic acids is 1. The SMILES string of the molecule is CCOc1c(Cl)cc(Br)cc1C(=O)O. The van der Waals surface area contributed by atoms with Gasteiger partial charge < -0.3 is 9.84 Å². The van der Waals surface area contributed by atoms with Crippen molar-refractivity contribution in [3.05, 3.63) is 27.2 Å². The number of carboxylic acids is 1. The van der Waals surface area contributed by atoms with E-state index in [4.69, 9.17) is 21.4 Å². The molecule has 0 amide bonds. The van der Waals surface area contributed by atoms with Crippen LogP contribution in [0.25, 0.3) is 0 Å². The van der Waals surface area contributed by atoms with Crippen LogP contribution in [0.15, 0.2) is 16.6 Å². The van der Waals surface area contributed by atoms with E-state index >= 15 is 0 Å². The Morgan fingerprint density at radius 2 is 2.29 bits per heavy atom. The first-order valence-corrected chi connectivity index (χ1v) is 5.08. The van der Waals surface area contributed by atoms with Gasteiger partial charge in [0.25, 0.3) is 0 Å². The third-order valence-electron chi connectivity index (χ3n) is 1.53. The van der Waals surface area contributed by atoms with Crippen LogP contribution in [0.3, 0.4) is 0 Å². The van der Waals surface area contributed by atoms with Crippen LogP contribution in [0.1, 0.15) is 17.3 Å². The summed E-state index contributed by atoms with van der Waals surface area (Å²) >= 11 is 9.00. The molecule has 0 aliphatic rings. The Morgan fingerprint density at radius 1 is 1.64 bits per heavy atom. The number of benzene rings is 1. The molecule has 1 aromatic carbocycles. The van der Waals surface area contributed by atoms with E-state index in [0.29, 0.717) is 16.1 Å². The summed E-state index contributed by atoms with van der Waals surface area (Å²) in [7, 11) is 0. The maximum Gasteiger partial charge on any atom is 0.339 e. The van der Waals surface area contributed by atoms with E-state index in [-0.39, 0.29) is 11.3 Å². The van der Waals surface area contributed by atoms with Crippen molar-refractivity contribution in [3.8, 4) is 5.75 Å². The molecule has 1 rings (SSSR count). The first-order chi connectivity index (χ1) is 6.56. The van der Waals surface area contributed by atoms with Crippen LogP contribution in [0, 0.1) is 0 Å². The van der Waals surface area contributed by atoms with Crippen molar-refractivity contribution in [3.63, 3.8) is 0 Å². The second-order valence-electron chi connectivity index (χ2n) is 2.50. The molecule has 0 atom stereocenters. The zero-order valence-electron chi connectivity index (χ0n) is 7.38. The molecule has 0 spiro atoms. The molecular formula is C9H8BrClO3. The average molecular weight is 280 g/mol. The van der Waals surface area contributed by atoms with E-state index < -0.39 is 5.97 Å². The van der Waals surface area contributed by atoms with Gasteiger partial charge in [0.1, 0.15) is 5.56 Å². The van der Waals surface area contributed by atoms with Gasteiger partial charge in [-0.3, -0.25) is 0 Å². The fourth-order valence-electron chi connectivity index (χ4n) is 1.01. The minimum atomic E-state index is -1.06. The summed E-state index contributed by atoms with van der Waals surface area (Å²) in [5.41, 5.74) is 0.0613. The van der Waals surface area contributed by atoms with Crippen LogP contribution in [0.2, 0.25) is 5.02 Å². The third kappa shape index (κ3) is 2.39. The number of halogens is 2. The van der Waals surface area contributed by atoms with Gasteiger partial charge in [-0.1, -0.05) is 27.5 Å². The lowest BCUT2D eigenvalue weighted by Crippen LogP contribution is -2.03. The van der Waals surface area contributed by atoms with E-state index in [9.17, 15) is 4.79 Å². The largest absolute Gasteiger partial charge is 0.491 e. The predicted octanol–water partition coefficient (Wildman–Crippen LogP) is 3.20. The molecule has 0 unspecified atom stereocenters. The Kier molecular flexibility index (Phi) is 3.77. The molecule has 1 aromatic rings. The number of carboxylic acid groups (broad SMARTS) is 1. The molecular weight excluding hydrogens is 271 g/mol. The Labute approximate surface area is 94.8 Å². The van der Waals surface area contributed by atoms with Crippen LogP contribution >= 0.6 is 27.5 Å². The molecule has 0 fully saturated rings. The Bertz CT molecular complexity index is 365. The molecule has 14 heavy (non-hydrogen) atoms. The second kappa shape index (κ2) is 4.66. The van der Waals surface area contributed by atoms with Gasteiger partial charge in [-0.15, -0.1) is 0 Å². The number of hydrogen-bond donors (Lipinski definition) is 1.